The van der Waals surface area contributed by atoms with Crippen molar-refractivity contribution in [3.05, 3.63) is 65.0 Å². The third kappa shape index (κ3) is 4.82. The van der Waals surface area contributed by atoms with Crippen LogP contribution in [0.5, 0.6) is 5.75 Å². The summed E-state index contributed by atoms with van der Waals surface area (Å²) in [7, 11) is 1.42. The monoisotopic (exact) mass is 356 g/mol. The van der Waals surface area contributed by atoms with Crippen LogP contribution < -0.4 is 10.1 Å². The zero-order chi connectivity index (χ0) is 18.4. The third-order valence-electron chi connectivity index (χ3n) is 4.77. The van der Waals surface area contributed by atoms with Crippen LogP contribution in [0.4, 0.5) is 4.39 Å². The first-order valence-electron chi connectivity index (χ1n) is 9.04. The summed E-state index contributed by atoms with van der Waals surface area (Å²) in [5.74, 6) is -0.385. The summed E-state index contributed by atoms with van der Waals surface area (Å²) >= 11 is 0. The number of nitrogens with zero attached hydrogens (tertiary/aromatic N) is 1. The van der Waals surface area contributed by atoms with Gasteiger partial charge in [0.2, 0.25) is 5.91 Å². The quantitative estimate of drug-likeness (QED) is 0.828. The molecule has 0 aliphatic carbocycles. The Hall–Kier alpha value is -2.40. The van der Waals surface area contributed by atoms with E-state index in [0.717, 1.165) is 25.2 Å². The van der Waals surface area contributed by atoms with Crippen LogP contribution in [0.1, 0.15) is 29.5 Å². The summed E-state index contributed by atoms with van der Waals surface area (Å²) < 4.78 is 18.6. The molecule has 4 nitrogen and oxygen atoms in total. The van der Waals surface area contributed by atoms with E-state index in [-0.39, 0.29) is 18.1 Å². The van der Waals surface area contributed by atoms with Gasteiger partial charge >= 0.3 is 0 Å². The van der Waals surface area contributed by atoms with Crippen molar-refractivity contribution in [2.75, 3.05) is 20.2 Å². The number of benzene rings is 2. The number of amides is 1. The van der Waals surface area contributed by atoms with Crippen molar-refractivity contribution in [1.29, 1.82) is 0 Å². The zero-order valence-corrected chi connectivity index (χ0v) is 15.1. The number of hydrogen-bond donors (Lipinski definition) is 1. The van der Waals surface area contributed by atoms with Crippen LogP contribution in [0, 0.1) is 5.82 Å². The smallest absolute Gasteiger partial charge is 0.224 e. The van der Waals surface area contributed by atoms with Gasteiger partial charge in [-0.3, -0.25) is 9.69 Å². The molecule has 1 amide bonds. The molecule has 2 aromatic carbocycles. The van der Waals surface area contributed by atoms with Crippen LogP contribution in [0.25, 0.3) is 0 Å². The molecule has 1 fully saturated rings. The van der Waals surface area contributed by atoms with Crippen LogP contribution >= 0.6 is 0 Å². The number of carbonyl (C=O) groups excluding carboxylic acids is 1. The molecular weight excluding hydrogens is 331 g/mol. The molecule has 2 aromatic rings. The van der Waals surface area contributed by atoms with Gasteiger partial charge in [0.25, 0.3) is 0 Å². The molecule has 1 saturated heterocycles. The lowest BCUT2D eigenvalue weighted by Crippen LogP contribution is -2.26. The second-order valence-corrected chi connectivity index (χ2v) is 6.67. The van der Waals surface area contributed by atoms with E-state index in [0.29, 0.717) is 12.1 Å². The van der Waals surface area contributed by atoms with E-state index in [9.17, 15) is 9.18 Å². The highest BCUT2D eigenvalue weighted by atomic mass is 19.1. The lowest BCUT2D eigenvalue weighted by Gasteiger charge is -2.17. The molecule has 0 unspecified atom stereocenters. The van der Waals surface area contributed by atoms with E-state index in [1.165, 1.54) is 31.6 Å². The van der Waals surface area contributed by atoms with Gasteiger partial charge in [-0.1, -0.05) is 30.3 Å². The van der Waals surface area contributed by atoms with Gasteiger partial charge < -0.3 is 10.1 Å². The van der Waals surface area contributed by atoms with Gasteiger partial charge in [0.15, 0.2) is 11.6 Å². The average Bonchev–Trinajstić information content (AvgIpc) is 3.14. The van der Waals surface area contributed by atoms with E-state index in [1.54, 1.807) is 12.1 Å². The number of ether oxygens (including phenoxy) is 1. The number of methoxy groups -OCH3 is 1. The fourth-order valence-corrected chi connectivity index (χ4v) is 3.33. The second kappa shape index (κ2) is 8.81. The van der Waals surface area contributed by atoms with Crippen molar-refractivity contribution in [2.24, 2.45) is 0 Å². The van der Waals surface area contributed by atoms with Gasteiger partial charge in [-0.25, -0.2) is 4.39 Å². The van der Waals surface area contributed by atoms with Crippen LogP contribution in [-0.4, -0.2) is 31.0 Å². The molecule has 3 rings (SSSR count). The predicted octanol–water partition coefficient (Wildman–Crippen LogP) is 3.29. The number of rotatable bonds is 7. The molecule has 0 bridgehead atoms. The van der Waals surface area contributed by atoms with Gasteiger partial charge in [0, 0.05) is 13.1 Å². The normalized spacial score (nSPS) is 14.4. The van der Waals surface area contributed by atoms with Crippen molar-refractivity contribution in [1.82, 2.24) is 10.2 Å². The number of halogens is 1. The van der Waals surface area contributed by atoms with Crippen molar-refractivity contribution < 1.29 is 13.9 Å². The maximum Gasteiger partial charge on any atom is 0.224 e. The molecule has 0 atom stereocenters. The molecule has 1 heterocycles. The van der Waals surface area contributed by atoms with Crippen LogP contribution in [0.3, 0.4) is 0 Å². The third-order valence-corrected chi connectivity index (χ3v) is 4.77. The predicted molar refractivity (Wildman–Crippen MR) is 99.5 cm³/mol. The molecular formula is C21H25FN2O2. The first-order valence-corrected chi connectivity index (χ1v) is 9.04. The van der Waals surface area contributed by atoms with Gasteiger partial charge in [0.1, 0.15) is 0 Å². The van der Waals surface area contributed by atoms with Crippen LogP contribution in [-0.2, 0) is 24.3 Å². The Morgan fingerprint density at radius 2 is 1.88 bits per heavy atom. The molecule has 0 aromatic heterocycles. The topological polar surface area (TPSA) is 41.6 Å². The summed E-state index contributed by atoms with van der Waals surface area (Å²) in [6, 6.07) is 12.8. The Balaban J connectivity index is 1.56. The Morgan fingerprint density at radius 3 is 2.58 bits per heavy atom. The maximum atomic E-state index is 13.7. The summed E-state index contributed by atoms with van der Waals surface area (Å²) in [5.41, 5.74) is 3.02. The molecule has 1 N–H and O–H groups in total. The Kier molecular flexibility index (Phi) is 6.23. The van der Waals surface area contributed by atoms with Crippen LogP contribution in [0.15, 0.2) is 42.5 Å². The molecule has 138 valence electrons. The summed E-state index contributed by atoms with van der Waals surface area (Å²) in [5, 5.41) is 2.95. The lowest BCUT2D eigenvalue weighted by atomic mass is 10.1. The summed E-state index contributed by atoms with van der Waals surface area (Å²) in [6.07, 6.45) is 2.67. The standard InChI is InChI=1S/C21H25FN2O2/c1-26-20-9-8-16(12-19(20)22)13-21(25)23-14-17-6-2-3-7-18(17)15-24-10-4-5-11-24/h2-3,6-9,12H,4-5,10-11,13-15H2,1H3,(H,23,25). The van der Waals surface area contributed by atoms with Gasteiger partial charge in [0.05, 0.1) is 13.5 Å². The number of hydrogen-bond acceptors (Lipinski definition) is 3. The Bertz CT molecular complexity index is 757. The van der Waals surface area contributed by atoms with Crippen molar-refractivity contribution in [3.8, 4) is 5.75 Å². The highest BCUT2D eigenvalue weighted by Crippen LogP contribution is 2.18. The highest BCUT2D eigenvalue weighted by molar-refractivity contribution is 5.78. The van der Waals surface area contributed by atoms with Crippen molar-refractivity contribution in [3.63, 3.8) is 0 Å². The first-order chi connectivity index (χ1) is 12.7. The molecule has 0 spiro atoms. The van der Waals surface area contributed by atoms with Crippen LogP contribution in [0.2, 0.25) is 0 Å². The van der Waals surface area contributed by atoms with E-state index < -0.39 is 5.82 Å². The van der Waals surface area contributed by atoms with Gasteiger partial charge in [-0.05, 0) is 54.8 Å². The van der Waals surface area contributed by atoms with Gasteiger partial charge in [-0.2, -0.15) is 0 Å². The Morgan fingerprint density at radius 1 is 1.15 bits per heavy atom. The highest BCUT2D eigenvalue weighted by Gasteiger charge is 2.14. The fourth-order valence-electron chi connectivity index (χ4n) is 3.33. The SMILES string of the molecule is COc1ccc(CC(=O)NCc2ccccc2CN2CCCC2)cc1F. The molecule has 5 heteroatoms. The molecule has 1 aliphatic heterocycles. The Labute approximate surface area is 154 Å². The van der Waals surface area contributed by atoms with E-state index in [2.05, 4.69) is 22.3 Å². The molecule has 1 aliphatic rings. The van der Waals surface area contributed by atoms with Gasteiger partial charge in [-0.15, -0.1) is 0 Å². The number of nitrogens with one attached hydrogen (secondary N) is 1. The minimum atomic E-state index is -0.450. The lowest BCUT2D eigenvalue weighted by molar-refractivity contribution is -0.120. The average molecular weight is 356 g/mol. The van der Waals surface area contributed by atoms with Crippen molar-refractivity contribution in [2.45, 2.75) is 32.4 Å². The van der Waals surface area contributed by atoms with E-state index in [4.69, 9.17) is 4.74 Å². The fraction of sp³-hybridized carbons (Fsp3) is 0.381. The number of likely N-dealkylation sites (tertiary alicyclic amines) is 1. The summed E-state index contributed by atoms with van der Waals surface area (Å²) in [6.45, 7) is 3.70. The zero-order valence-electron chi connectivity index (χ0n) is 15.1. The molecule has 26 heavy (non-hydrogen) atoms. The minimum absolute atomic E-state index is 0.120. The maximum absolute atomic E-state index is 13.7. The second-order valence-electron chi connectivity index (χ2n) is 6.67. The van der Waals surface area contributed by atoms with Crippen molar-refractivity contribution >= 4 is 5.91 Å². The summed E-state index contributed by atoms with van der Waals surface area (Å²) in [4.78, 5) is 14.7. The largest absolute Gasteiger partial charge is 0.494 e. The first kappa shape index (κ1) is 18.4. The minimum Gasteiger partial charge on any atom is -0.494 e. The number of carbonyl (C=O) groups is 1. The molecule has 0 saturated carbocycles. The van der Waals surface area contributed by atoms with E-state index in [1.807, 2.05) is 12.1 Å². The molecule has 0 radical (unpaired) electrons. The van der Waals surface area contributed by atoms with E-state index >= 15 is 0 Å².